The van der Waals surface area contributed by atoms with Crippen LogP contribution in [0.5, 0.6) is 0 Å². The Hall–Kier alpha value is -0.900. The van der Waals surface area contributed by atoms with Crippen LogP contribution in [-0.4, -0.2) is 37.1 Å². The van der Waals surface area contributed by atoms with Gasteiger partial charge in [0.1, 0.15) is 0 Å². The summed E-state index contributed by atoms with van der Waals surface area (Å²) in [4.78, 5) is 2.51. The molecule has 1 aliphatic carbocycles. The van der Waals surface area contributed by atoms with Crippen LogP contribution in [0.1, 0.15) is 36.1 Å². The molecule has 1 aromatic carbocycles. The van der Waals surface area contributed by atoms with Crippen molar-refractivity contribution in [1.82, 2.24) is 10.2 Å². The molecule has 0 aromatic heterocycles. The van der Waals surface area contributed by atoms with Crippen molar-refractivity contribution in [2.75, 3.05) is 26.2 Å². The second-order valence-electron chi connectivity index (χ2n) is 5.93. The van der Waals surface area contributed by atoms with Crippen molar-refractivity contribution >= 4 is 0 Å². The predicted octanol–water partition coefficient (Wildman–Crippen LogP) is 1.47. The first-order valence-corrected chi connectivity index (χ1v) is 7.58. The lowest BCUT2D eigenvalue weighted by molar-refractivity contribution is 0.163. The molecule has 3 nitrogen and oxygen atoms in total. The van der Waals surface area contributed by atoms with Gasteiger partial charge in [-0.25, -0.2) is 0 Å². The highest BCUT2D eigenvalue weighted by atomic mass is 15.2. The van der Waals surface area contributed by atoms with E-state index in [4.69, 9.17) is 5.73 Å². The van der Waals surface area contributed by atoms with Crippen molar-refractivity contribution in [3.63, 3.8) is 0 Å². The average molecular weight is 259 g/mol. The Labute approximate surface area is 116 Å². The standard InChI is InChI=1S/C16H25N3/c1-12(19-9-7-18-8-10-19)16(17)15-6-5-13-3-2-4-14(13)11-15/h5-6,11-12,16,18H,2-4,7-10,17H2,1H3. The number of hydrogen-bond acceptors (Lipinski definition) is 3. The first-order valence-electron chi connectivity index (χ1n) is 7.58. The van der Waals surface area contributed by atoms with Gasteiger partial charge in [-0.3, -0.25) is 4.90 Å². The molecule has 104 valence electrons. The fourth-order valence-electron chi connectivity index (χ4n) is 3.39. The van der Waals surface area contributed by atoms with Crippen LogP contribution in [0, 0.1) is 0 Å². The van der Waals surface area contributed by atoms with Gasteiger partial charge in [0, 0.05) is 38.3 Å². The van der Waals surface area contributed by atoms with Crippen LogP contribution >= 0.6 is 0 Å². The molecule has 19 heavy (non-hydrogen) atoms. The largest absolute Gasteiger partial charge is 0.323 e. The molecular formula is C16H25N3. The summed E-state index contributed by atoms with van der Waals surface area (Å²) in [5.74, 6) is 0. The van der Waals surface area contributed by atoms with Crippen LogP contribution < -0.4 is 11.1 Å². The summed E-state index contributed by atoms with van der Waals surface area (Å²) in [7, 11) is 0. The molecule has 0 radical (unpaired) electrons. The lowest BCUT2D eigenvalue weighted by Crippen LogP contribution is -2.50. The zero-order chi connectivity index (χ0) is 13.2. The van der Waals surface area contributed by atoms with Crippen molar-refractivity contribution < 1.29 is 0 Å². The van der Waals surface area contributed by atoms with Gasteiger partial charge in [-0.05, 0) is 42.9 Å². The predicted molar refractivity (Wildman–Crippen MR) is 79.3 cm³/mol. The molecule has 3 rings (SSSR count). The van der Waals surface area contributed by atoms with E-state index in [1.165, 1.54) is 36.0 Å². The summed E-state index contributed by atoms with van der Waals surface area (Å²) >= 11 is 0. The lowest BCUT2D eigenvalue weighted by Gasteiger charge is -2.36. The van der Waals surface area contributed by atoms with E-state index in [1.807, 2.05) is 0 Å². The van der Waals surface area contributed by atoms with E-state index in [9.17, 15) is 0 Å². The quantitative estimate of drug-likeness (QED) is 0.864. The number of piperazine rings is 1. The number of rotatable bonds is 3. The van der Waals surface area contributed by atoms with Crippen LogP contribution in [0.15, 0.2) is 18.2 Å². The maximum absolute atomic E-state index is 6.50. The van der Waals surface area contributed by atoms with Crippen LogP contribution in [0.4, 0.5) is 0 Å². The molecule has 3 heteroatoms. The fourth-order valence-corrected chi connectivity index (χ4v) is 3.39. The monoisotopic (exact) mass is 259 g/mol. The zero-order valence-corrected chi connectivity index (χ0v) is 11.9. The van der Waals surface area contributed by atoms with E-state index in [-0.39, 0.29) is 6.04 Å². The van der Waals surface area contributed by atoms with E-state index in [2.05, 4.69) is 35.3 Å². The van der Waals surface area contributed by atoms with Gasteiger partial charge in [-0.2, -0.15) is 0 Å². The Morgan fingerprint density at radius 3 is 2.68 bits per heavy atom. The van der Waals surface area contributed by atoms with Crippen molar-refractivity contribution in [1.29, 1.82) is 0 Å². The van der Waals surface area contributed by atoms with E-state index in [0.717, 1.165) is 26.2 Å². The van der Waals surface area contributed by atoms with Gasteiger partial charge in [0.2, 0.25) is 0 Å². The summed E-state index contributed by atoms with van der Waals surface area (Å²) in [6, 6.07) is 7.44. The number of nitrogens with two attached hydrogens (primary N) is 1. The molecule has 1 saturated heterocycles. The highest BCUT2D eigenvalue weighted by Gasteiger charge is 2.24. The molecule has 2 atom stereocenters. The van der Waals surface area contributed by atoms with Gasteiger partial charge in [-0.1, -0.05) is 18.2 Å². The Kier molecular flexibility index (Phi) is 3.87. The molecule has 1 aromatic rings. The molecule has 1 fully saturated rings. The average Bonchev–Trinajstić information content (AvgIpc) is 2.94. The summed E-state index contributed by atoms with van der Waals surface area (Å²) in [6.07, 6.45) is 3.79. The Morgan fingerprint density at radius 2 is 1.89 bits per heavy atom. The Balaban J connectivity index is 1.73. The maximum atomic E-state index is 6.50. The molecule has 0 saturated carbocycles. The second-order valence-corrected chi connectivity index (χ2v) is 5.93. The number of benzene rings is 1. The van der Waals surface area contributed by atoms with Crippen LogP contribution in [0.2, 0.25) is 0 Å². The van der Waals surface area contributed by atoms with Crippen molar-refractivity contribution in [3.05, 3.63) is 34.9 Å². The van der Waals surface area contributed by atoms with Gasteiger partial charge < -0.3 is 11.1 Å². The first kappa shape index (κ1) is 13.1. The topological polar surface area (TPSA) is 41.3 Å². The van der Waals surface area contributed by atoms with Crippen LogP contribution in [0.25, 0.3) is 0 Å². The fraction of sp³-hybridized carbons (Fsp3) is 0.625. The third-order valence-electron chi connectivity index (χ3n) is 4.75. The smallest absolute Gasteiger partial charge is 0.0450 e. The summed E-state index contributed by atoms with van der Waals surface area (Å²) in [5, 5.41) is 3.40. The van der Waals surface area contributed by atoms with Crippen molar-refractivity contribution in [2.24, 2.45) is 5.73 Å². The summed E-state index contributed by atoms with van der Waals surface area (Å²) in [5.41, 5.74) is 10.9. The van der Waals surface area contributed by atoms with E-state index in [1.54, 1.807) is 0 Å². The molecule has 1 heterocycles. The number of nitrogens with zero attached hydrogens (tertiary/aromatic N) is 1. The van der Waals surface area contributed by atoms with Gasteiger partial charge in [-0.15, -0.1) is 0 Å². The van der Waals surface area contributed by atoms with Gasteiger partial charge >= 0.3 is 0 Å². The van der Waals surface area contributed by atoms with Crippen molar-refractivity contribution in [3.8, 4) is 0 Å². The minimum atomic E-state index is 0.129. The second kappa shape index (κ2) is 5.61. The highest BCUT2D eigenvalue weighted by molar-refractivity contribution is 5.36. The number of fused-ring (bicyclic) bond motifs is 1. The van der Waals surface area contributed by atoms with Gasteiger partial charge in [0.25, 0.3) is 0 Å². The molecule has 2 aliphatic rings. The molecule has 3 N–H and O–H groups in total. The van der Waals surface area contributed by atoms with Gasteiger partial charge in [0.15, 0.2) is 0 Å². The first-order chi connectivity index (χ1) is 9.25. The maximum Gasteiger partial charge on any atom is 0.0450 e. The molecule has 0 amide bonds. The van der Waals surface area contributed by atoms with E-state index in [0.29, 0.717) is 6.04 Å². The molecule has 2 unspecified atom stereocenters. The summed E-state index contributed by atoms with van der Waals surface area (Å²) < 4.78 is 0. The molecule has 0 spiro atoms. The SMILES string of the molecule is CC(C(N)c1ccc2c(c1)CCC2)N1CCNCC1. The Bertz CT molecular complexity index is 438. The number of aryl methyl sites for hydroxylation is 2. The number of hydrogen-bond donors (Lipinski definition) is 2. The van der Waals surface area contributed by atoms with Crippen LogP contribution in [-0.2, 0) is 12.8 Å². The molecule has 0 bridgehead atoms. The normalized spacial score (nSPS) is 23.1. The van der Waals surface area contributed by atoms with E-state index < -0.39 is 0 Å². The van der Waals surface area contributed by atoms with E-state index >= 15 is 0 Å². The molecule has 1 aliphatic heterocycles. The minimum absolute atomic E-state index is 0.129. The van der Waals surface area contributed by atoms with Crippen molar-refractivity contribution in [2.45, 2.75) is 38.3 Å². The third-order valence-corrected chi connectivity index (χ3v) is 4.75. The van der Waals surface area contributed by atoms with Gasteiger partial charge in [0.05, 0.1) is 0 Å². The lowest BCUT2D eigenvalue weighted by atomic mass is 9.96. The third kappa shape index (κ3) is 2.69. The van der Waals surface area contributed by atoms with Crippen LogP contribution in [0.3, 0.4) is 0 Å². The Morgan fingerprint density at radius 1 is 1.16 bits per heavy atom. The minimum Gasteiger partial charge on any atom is -0.323 e. The molecular weight excluding hydrogens is 234 g/mol. The summed E-state index contributed by atoms with van der Waals surface area (Å²) in [6.45, 7) is 6.66. The zero-order valence-electron chi connectivity index (χ0n) is 11.9. The number of nitrogens with one attached hydrogen (secondary N) is 1. The highest BCUT2D eigenvalue weighted by Crippen LogP contribution is 2.27.